The summed E-state index contributed by atoms with van der Waals surface area (Å²) in [6, 6.07) is 8.11. The molecule has 1 atom stereocenters. The predicted octanol–water partition coefficient (Wildman–Crippen LogP) is 2.66. The van der Waals surface area contributed by atoms with E-state index in [-0.39, 0.29) is 12.7 Å². The summed E-state index contributed by atoms with van der Waals surface area (Å²) >= 11 is 0. The summed E-state index contributed by atoms with van der Waals surface area (Å²) in [6.45, 7) is 1.24. The zero-order valence-electron chi connectivity index (χ0n) is 12.9. The molecule has 3 heterocycles. The molecular weight excluding hydrogens is 292 g/mol. The van der Waals surface area contributed by atoms with Gasteiger partial charge < -0.3 is 14.8 Å². The van der Waals surface area contributed by atoms with Gasteiger partial charge >= 0.3 is 0 Å². The lowest BCUT2D eigenvalue weighted by Crippen LogP contribution is -2.18. The van der Waals surface area contributed by atoms with E-state index in [9.17, 15) is 5.11 Å². The fourth-order valence-corrected chi connectivity index (χ4v) is 3.17. The smallest absolute Gasteiger partial charge is 0.183 e. The molecule has 1 saturated heterocycles. The van der Waals surface area contributed by atoms with E-state index in [1.165, 1.54) is 0 Å². The highest BCUT2D eigenvalue weighted by atomic mass is 16.5. The highest BCUT2D eigenvalue weighted by Gasteiger charge is 2.24. The van der Waals surface area contributed by atoms with Gasteiger partial charge in [-0.15, -0.1) is 0 Å². The van der Waals surface area contributed by atoms with Crippen molar-refractivity contribution in [1.82, 2.24) is 19.7 Å². The second-order valence-corrected chi connectivity index (χ2v) is 5.84. The number of aliphatic hydroxyl groups excluding tert-OH is 1. The minimum absolute atomic E-state index is 0.0262. The summed E-state index contributed by atoms with van der Waals surface area (Å²) in [4.78, 5) is 8.00. The number of aromatic amines is 1. The van der Waals surface area contributed by atoms with E-state index in [0.29, 0.717) is 12.4 Å². The first kappa shape index (κ1) is 14.4. The van der Waals surface area contributed by atoms with Crippen LogP contribution in [0.1, 0.15) is 31.2 Å². The quantitative estimate of drug-likeness (QED) is 0.776. The number of aromatic nitrogens is 4. The largest absolute Gasteiger partial charge is 0.394 e. The maximum Gasteiger partial charge on any atom is 0.183 e. The first-order valence-corrected chi connectivity index (χ1v) is 8.10. The van der Waals surface area contributed by atoms with Gasteiger partial charge in [-0.1, -0.05) is 18.2 Å². The van der Waals surface area contributed by atoms with Crippen LogP contribution >= 0.6 is 0 Å². The molecule has 2 N–H and O–H groups in total. The van der Waals surface area contributed by atoms with Gasteiger partial charge in [-0.2, -0.15) is 5.10 Å². The summed E-state index contributed by atoms with van der Waals surface area (Å²) in [5.74, 6) is 1.50. The maximum absolute atomic E-state index is 9.32. The summed E-state index contributed by atoms with van der Waals surface area (Å²) in [5, 5.41) is 15.0. The molecule has 120 valence electrons. The molecular formula is C17H20N4O2. The van der Waals surface area contributed by atoms with E-state index < -0.39 is 0 Å². The minimum atomic E-state index is -0.0262. The van der Waals surface area contributed by atoms with Crippen LogP contribution in [0.2, 0.25) is 0 Å². The van der Waals surface area contributed by atoms with Gasteiger partial charge in [0, 0.05) is 29.3 Å². The van der Waals surface area contributed by atoms with Crippen molar-refractivity contribution >= 4 is 10.9 Å². The number of hydrogen-bond acceptors (Lipinski definition) is 4. The second kappa shape index (κ2) is 6.14. The van der Waals surface area contributed by atoms with E-state index in [2.05, 4.69) is 16.1 Å². The lowest BCUT2D eigenvalue weighted by molar-refractivity contribution is 0.00627. The molecule has 1 aliphatic rings. The fourth-order valence-electron chi connectivity index (χ4n) is 3.17. The molecule has 3 aromatic rings. The van der Waals surface area contributed by atoms with Crippen LogP contribution in [0.4, 0.5) is 0 Å². The Kier molecular flexibility index (Phi) is 3.85. The lowest BCUT2D eigenvalue weighted by Gasteiger charge is -2.21. The number of benzene rings is 1. The van der Waals surface area contributed by atoms with Gasteiger partial charge in [0.15, 0.2) is 11.6 Å². The zero-order chi connectivity index (χ0) is 15.6. The molecule has 0 spiro atoms. The van der Waals surface area contributed by atoms with Crippen LogP contribution in [0.3, 0.4) is 0 Å². The van der Waals surface area contributed by atoms with Crippen molar-refractivity contribution in [3.05, 3.63) is 36.3 Å². The summed E-state index contributed by atoms with van der Waals surface area (Å²) < 4.78 is 7.64. The number of fused-ring (bicyclic) bond motifs is 1. The molecule has 0 amide bonds. The number of rotatable bonds is 4. The average molecular weight is 312 g/mol. The third-order valence-electron chi connectivity index (χ3n) is 4.31. The first-order valence-electron chi connectivity index (χ1n) is 8.10. The molecule has 2 aromatic heterocycles. The predicted molar refractivity (Wildman–Crippen MR) is 86.9 cm³/mol. The third-order valence-corrected chi connectivity index (χ3v) is 4.31. The molecule has 1 aliphatic heterocycles. The number of ether oxygens (including phenoxy) is 1. The van der Waals surface area contributed by atoms with Gasteiger partial charge in [0.1, 0.15) is 6.10 Å². The lowest BCUT2D eigenvalue weighted by atomic mass is 10.1. The molecule has 0 radical (unpaired) electrons. The van der Waals surface area contributed by atoms with E-state index in [1.54, 1.807) is 4.68 Å². The zero-order valence-corrected chi connectivity index (χ0v) is 12.9. The molecule has 0 unspecified atom stereocenters. The Morgan fingerprint density at radius 3 is 3.04 bits per heavy atom. The Balaban J connectivity index is 1.77. The van der Waals surface area contributed by atoms with Crippen LogP contribution in [-0.4, -0.2) is 38.1 Å². The number of nitrogens with zero attached hydrogens (tertiary/aromatic N) is 3. The number of hydrogen-bond donors (Lipinski definition) is 2. The molecule has 0 saturated carbocycles. The van der Waals surface area contributed by atoms with Crippen LogP contribution in [0.15, 0.2) is 30.5 Å². The first-order chi connectivity index (χ1) is 11.4. The standard InChI is InChI=1S/C17H20N4O2/c22-9-8-21-17(15-7-3-4-10-23-15)19-16(20-21)13-11-18-14-6-2-1-5-12(13)14/h1-2,5-6,11,15,18,22H,3-4,7-10H2/t15-/m0/s1. The Bertz CT molecular complexity index is 802. The van der Waals surface area contributed by atoms with Gasteiger partial charge in [0.2, 0.25) is 0 Å². The van der Waals surface area contributed by atoms with Crippen LogP contribution < -0.4 is 0 Å². The number of H-pyrrole nitrogens is 1. The van der Waals surface area contributed by atoms with E-state index >= 15 is 0 Å². The topological polar surface area (TPSA) is 76.0 Å². The van der Waals surface area contributed by atoms with Gasteiger partial charge in [0.05, 0.1) is 13.2 Å². The molecule has 23 heavy (non-hydrogen) atoms. The summed E-state index contributed by atoms with van der Waals surface area (Å²) in [7, 11) is 0. The molecule has 0 bridgehead atoms. The van der Waals surface area contributed by atoms with Crippen molar-refractivity contribution in [1.29, 1.82) is 0 Å². The van der Waals surface area contributed by atoms with Crippen molar-refractivity contribution < 1.29 is 9.84 Å². The fraction of sp³-hybridized carbons (Fsp3) is 0.412. The summed E-state index contributed by atoms with van der Waals surface area (Å²) in [6.07, 6.45) is 5.10. The van der Waals surface area contributed by atoms with Crippen LogP contribution in [-0.2, 0) is 11.3 Å². The van der Waals surface area contributed by atoms with Crippen molar-refractivity contribution in [2.45, 2.75) is 31.9 Å². The van der Waals surface area contributed by atoms with Crippen LogP contribution in [0.25, 0.3) is 22.3 Å². The summed E-state index contributed by atoms with van der Waals surface area (Å²) in [5.41, 5.74) is 2.05. The number of aliphatic hydroxyl groups is 1. The molecule has 6 heteroatoms. The van der Waals surface area contributed by atoms with E-state index in [4.69, 9.17) is 9.72 Å². The van der Waals surface area contributed by atoms with Crippen LogP contribution in [0, 0.1) is 0 Å². The normalized spacial score (nSPS) is 18.6. The van der Waals surface area contributed by atoms with Crippen molar-refractivity contribution in [2.75, 3.05) is 13.2 Å². The monoisotopic (exact) mass is 312 g/mol. The van der Waals surface area contributed by atoms with E-state index in [1.807, 2.05) is 24.4 Å². The number of nitrogens with one attached hydrogen (secondary N) is 1. The highest BCUT2D eigenvalue weighted by molar-refractivity contribution is 5.93. The Morgan fingerprint density at radius 1 is 1.30 bits per heavy atom. The molecule has 6 nitrogen and oxygen atoms in total. The van der Waals surface area contributed by atoms with Crippen molar-refractivity contribution in [3.63, 3.8) is 0 Å². The van der Waals surface area contributed by atoms with E-state index in [0.717, 1.165) is 48.2 Å². The second-order valence-electron chi connectivity index (χ2n) is 5.84. The van der Waals surface area contributed by atoms with Gasteiger partial charge in [-0.05, 0) is 25.3 Å². The Morgan fingerprint density at radius 2 is 2.22 bits per heavy atom. The number of para-hydroxylation sites is 1. The highest BCUT2D eigenvalue weighted by Crippen LogP contribution is 2.30. The van der Waals surface area contributed by atoms with Gasteiger partial charge in [0.25, 0.3) is 0 Å². The average Bonchev–Trinajstić information content (AvgIpc) is 3.20. The maximum atomic E-state index is 9.32. The van der Waals surface area contributed by atoms with Gasteiger partial charge in [-0.3, -0.25) is 0 Å². The molecule has 4 rings (SSSR count). The van der Waals surface area contributed by atoms with Crippen molar-refractivity contribution in [3.8, 4) is 11.4 Å². The van der Waals surface area contributed by atoms with Crippen molar-refractivity contribution in [2.24, 2.45) is 0 Å². The SMILES string of the molecule is OCCn1nc(-c2c[nH]c3ccccc23)nc1[C@@H]1CCCCO1. The Hall–Kier alpha value is -2.18. The third kappa shape index (κ3) is 2.64. The molecule has 0 aliphatic carbocycles. The van der Waals surface area contributed by atoms with Crippen LogP contribution in [0.5, 0.6) is 0 Å². The molecule has 1 fully saturated rings. The Labute approximate surface area is 134 Å². The molecule has 1 aromatic carbocycles. The van der Waals surface area contributed by atoms with Gasteiger partial charge in [-0.25, -0.2) is 9.67 Å². The minimum Gasteiger partial charge on any atom is -0.394 e.